The third-order valence-electron chi connectivity index (χ3n) is 5.11. The Kier molecular flexibility index (Phi) is 7.25. The van der Waals surface area contributed by atoms with E-state index in [1.54, 1.807) is 19.2 Å². The van der Waals surface area contributed by atoms with Crippen LogP contribution in [0.5, 0.6) is 0 Å². The van der Waals surface area contributed by atoms with Crippen molar-refractivity contribution in [2.45, 2.75) is 64.3 Å². The van der Waals surface area contributed by atoms with E-state index in [1.807, 2.05) is 32.0 Å². The van der Waals surface area contributed by atoms with Crippen molar-refractivity contribution in [1.29, 1.82) is 0 Å². The van der Waals surface area contributed by atoms with E-state index in [9.17, 15) is 13.2 Å². The molecule has 2 aromatic rings. The molecule has 5 nitrogen and oxygen atoms in total. The standard InChI is InChI=1S/C23H32N2O3S/c1-15(2)20-12-9-13-21(16(3)4)22(20)24-23(26)18-10-8-11-19(14-18)29(27,28)25(7)17(5)6/h8-17H,1-7H3,(H,24,26). The normalized spacial score (nSPS) is 12.2. The lowest BCUT2D eigenvalue weighted by Crippen LogP contribution is -2.33. The number of amides is 1. The maximum absolute atomic E-state index is 13.0. The van der Waals surface area contributed by atoms with Crippen LogP contribution in [0, 0.1) is 0 Å². The van der Waals surface area contributed by atoms with Crippen LogP contribution in [-0.4, -0.2) is 31.7 Å². The van der Waals surface area contributed by atoms with Crippen LogP contribution in [-0.2, 0) is 10.0 Å². The maximum Gasteiger partial charge on any atom is 0.255 e. The number of hydrogen-bond donors (Lipinski definition) is 1. The summed E-state index contributed by atoms with van der Waals surface area (Å²) in [5.74, 6) is 0.176. The number of para-hydroxylation sites is 1. The predicted octanol–water partition coefficient (Wildman–Crippen LogP) is 5.21. The van der Waals surface area contributed by atoms with Gasteiger partial charge >= 0.3 is 0 Å². The Labute approximate surface area is 175 Å². The number of anilines is 1. The molecule has 0 aliphatic heterocycles. The molecule has 0 unspecified atom stereocenters. The van der Waals surface area contributed by atoms with E-state index in [-0.39, 0.29) is 28.7 Å². The van der Waals surface area contributed by atoms with Gasteiger partial charge in [0.2, 0.25) is 10.0 Å². The quantitative estimate of drug-likeness (QED) is 0.673. The lowest BCUT2D eigenvalue weighted by atomic mass is 9.92. The highest BCUT2D eigenvalue weighted by Gasteiger charge is 2.24. The van der Waals surface area contributed by atoms with Crippen LogP contribution >= 0.6 is 0 Å². The van der Waals surface area contributed by atoms with Gasteiger partial charge in [0.1, 0.15) is 0 Å². The van der Waals surface area contributed by atoms with Crippen LogP contribution < -0.4 is 5.32 Å². The molecule has 2 rings (SSSR count). The summed E-state index contributed by atoms with van der Waals surface area (Å²) in [7, 11) is -2.11. The van der Waals surface area contributed by atoms with Crippen LogP contribution in [0.2, 0.25) is 0 Å². The average molecular weight is 417 g/mol. The zero-order chi connectivity index (χ0) is 21.9. The average Bonchev–Trinajstić information content (AvgIpc) is 2.66. The molecule has 0 aliphatic rings. The molecule has 1 amide bonds. The summed E-state index contributed by atoms with van der Waals surface area (Å²) in [6, 6.07) is 12.1. The summed E-state index contributed by atoms with van der Waals surface area (Å²) in [6.45, 7) is 12.0. The van der Waals surface area contributed by atoms with Gasteiger partial charge in [0, 0.05) is 24.3 Å². The minimum Gasteiger partial charge on any atom is -0.321 e. The van der Waals surface area contributed by atoms with Crippen LogP contribution in [0.3, 0.4) is 0 Å². The van der Waals surface area contributed by atoms with Crippen LogP contribution in [0.4, 0.5) is 5.69 Å². The van der Waals surface area contributed by atoms with Gasteiger partial charge in [0.25, 0.3) is 5.91 Å². The van der Waals surface area contributed by atoms with Crippen molar-refractivity contribution in [3.63, 3.8) is 0 Å². The second kappa shape index (κ2) is 9.09. The SMILES string of the molecule is CC(C)c1cccc(C(C)C)c1NC(=O)c1cccc(S(=O)(=O)N(C)C(C)C)c1. The van der Waals surface area contributed by atoms with E-state index < -0.39 is 10.0 Å². The van der Waals surface area contributed by atoms with Crippen molar-refractivity contribution >= 4 is 21.6 Å². The van der Waals surface area contributed by atoms with Gasteiger partial charge in [-0.1, -0.05) is 52.0 Å². The molecular formula is C23H32N2O3S. The molecule has 0 saturated heterocycles. The minimum atomic E-state index is -3.66. The highest BCUT2D eigenvalue weighted by molar-refractivity contribution is 7.89. The summed E-state index contributed by atoms with van der Waals surface area (Å²) in [5, 5.41) is 3.04. The van der Waals surface area contributed by atoms with Gasteiger partial charge in [-0.25, -0.2) is 8.42 Å². The monoisotopic (exact) mass is 416 g/mol. The Hall–Kier alpha value is -2.18. The lowest BCUT2D eigenvalue weighted by molar-refractivity contribution is 0.102. The third kappa shape index (κ3) is 5.06. The van der Waals surface area contributed by atoms with Gasteiger partial charge < -0.3 is 5.32 Å². The number of carbonyl (C=O) groups excluding carboxylic acids is 1. The van der Waals surface area contributed by atoms with Crippen molar-refractivity contribution in [2.75, 3.05) is 12.4 Å². The number of hydrogen-bond acceptors (Lipinski definition) is 3. The molecule has 0 aromatic heterocycles. The molecular weight excluding hydrogens is 384 g/mol. The molecule has 1 N–H and O–H groups in total. The first kappa shape index (κ1) is 23.1. The Balaban J connectivity index is 2.44. The molecule has 0 atom stereocenters. The van der Waals surface area contributed by atoms with E-state index >= 15 is 0 Å². The molecule has 0 saturated carbocycles. The highest BCUT2D eigenvalue weighted by atomic mass is 32.2. The van der Waals surface area contributed by atoms with E-state index in [0.29, 0.717) is 5.56 Å². The van der Waals surface area contributed by atoms with Crippen molar-refractivity contribution in [3.8, 4) is 0 Å². The predicted molar refractivity (Wildman–Crippen MR) is 119 cm³/mol. The smallest absolute Gasteiger partial charge is 0.255 e. The Morgan fingerprint density at radius 2 is 1.41 bits per heavy atom. The summed E-state index contributed by atoms with van der Waals surface area (Å²) in [6.07, 6.45) is 0. The summed E-state index contributed by atoms with van der Waals surface area (Å²) >= 11 is 0. The third-order valence-corrected chi connectivity index (χ3v) is 7.14. The number of rotatable bonds is 7. The van der Waals surface area contributed by atoms with Crippen LogP contribution in [0.15, 0.2) is 47.4 Å². The molecule has 6 heteroatoms. The first-order valence-electron chi connectivity index (χ1n) is 9.99. The Morgan fingerprint density at radius 3 is 1.90 bits per heavy atom. The van der Waals surface area contributed by atoms with Crippen molar-refractivity contribution < 1.29 is 13.2 Å². The molecule has 0 heterocycles. The van der Waals surface area contributed by atoms with E-state index in [2.05, 4.69) is 33.0 Å². The van der Waals surface area contributed by atoms with E-state index in [0.717, 1.165) is 16.8 Å². The molecule has 0 spiro atoms. The summed E-state index contributed by atoms with van der Waals surface area (Å²) in [5.41, 5.74) is 3.26. The number of sulfonamides is 1. The number of nitrogens with zero attached hydrogens (tertiary/aromatic N) is 1. The topological polar surface area (TPSA) is 66.5 Å². The van der Waals surface area contributed by atoms with E-state index in [4.69, 9.17) is 0 Å². The molecule has 2 aromatic carbocycles. The maximum atomic E-state index is 13.0. The molecule has 158 valence electrons. The second-order valence-electron chi connectivity index (χ2n) is 8.22. The fourth-order valence-electron chi connectivity index (χ4n) is 3.12. The fourth-order valence-corrected chi connectivity index (χ4v) is 4.54. The van der Waals surface area contributed by atoms with Gasteiger partial charge in [-0.2, -0.15) is 4.31 Å². The van der Waals surface area contributed by atoms with E-state index in [1.165, 1.54) is 16.4 Å². The van der Waals surface area contributed by atoms with Crippen molar-refractivity contribution in [3.05, 3.63) is 59.2 Å². The molecule has 0 aliphatic carbocycles. The van der Waals surface area contributed by atoms with Gasteiger partial charge in [-0.15, -0.1) is 0 Å². The van der Waals surface area contributed by atoms with Crippen LogP contribution in [0.1, 0.15) is 74.9 Å². The molecule has 0 fully saturated rings. The first-order chi connectivity index (χ1) is 13.5. The highest BCUT2D eigenvalue weighted by Crippen LogP contribution is 2.32. The van der Waals surface area contributed by atoms with Crippen LogP contribution in [0.25, 0.3) is 0 Å². The van der Waals surface area contributed by atoms with Crippen molar-refractivity contribution in [1.82, 2.24) is 4.31 Å². The number of benzene rings is 2. The first-order valence-corrected chi connectivity index (χ1v) is 11.4. The largest absolute Gasteiger partial charge is 0.321 e. The van der Waals surface area contributed by atoms with Gasteiger partial charge in [0.15, 0.2) is 0 Å². The zero-order valence-electron chi connectivity index (χ0n) is 18.4. The Bertz CT molecular complexity index is 953. The van der Waals surface area contributed by atoms with Gasteiger partial charge in [0.05, 0.1) is 4.90 Å². The summed E-state index contributed by atoms with van der Waals surface area (Å²) < 4.78 is 26.9. The molecule has 0 bridgehead atoms. The summed E-state index contributed by atoms with van der Waals surface area (Å²) in [4.78, 5) is 13.1. The molecule has 0 radical (unpaired) electrons. The van der Waals surface area contributed by atoms with Crippen molar-refractivity contribution in [2.24, 2.45) is 0 Å². The number of carbonyl (C=O) groups is 1. The zero-order valence-corrected chi connectivity index (χ0v) is 19.2. The fraction of sp³-hybridized carbons (Fsp3) is 0.435. The van der Waals surface area contributed by atoms with Gasteiger partial charge in [-0.3, -0.25) is 4.79 Å². The van der Waals surface area contributed by atoms with Gasteiger partial charge in [-0.05, 0) is 55.0 Å². The minimum absolute atomic E-state index is 0.113. The molecule has 29 heavy (non-hydrogen) atoms. The Morgan fingerprint density at radius 1 is 0.897 bits per heavy atom. The second-order valence-corrected chi connectivity index (χ2v) is 10.2. The lowest BCUT2D eigenvalue weighted by Gasteiger charge is -2.22. The number of nitrogens with one attached hydrogen (secondary N) is 1.